The van der Waals surface area contributed by atoms with E-state index in [2.05, 4.69) is 6.92 Å². The van der Waals surface area contributed by atoms with Gasteiger partial charge in [0.1, 0.15) is 6.04 Å². The maximum absolute atomic E-state index is 10.8. The van der Waals surface area contributed by atoms with Crippen LogP contribution in [0.15, 0.2) is 0 Å². The molecule has 100 valence electrons. The summed E-state index contributed by atoms with van der Waals surface area (Å²) in [6.07, 6.45) is 4.58. The summed E-state index contributed by atoms with van der Waals surface area (Å²) in [7, 11) is 1.76. The molecule has 0 aromatic carbocycles. The zero-order valence-electron chi connectivity index (χ0n) is 11.1. The Morgan fingerprint density at radius 1 is 1.53 bits per heavy atom. The summed E-state index contributed by atoms with van der Waals surface area (Å²) < 4.78 is 5.48. The molecular formula is C13H25NO3. The van der Waals surface area contributed by atoms with Gasteiger partial charge >= 0.3 is 5.97 Å². The Bertz CT molecular complexity index is 257. The number of ether oxygens (including phenoxy) is 1. The molecule has 0 spiro atoms. The Balaban J connectivity index is 2.44. The van der Waals surface area contributed by atoms with Gasteiger partial charge in [-0.1, -0.05) is 13.8 Å². The number of hydrogen-bond acceptors (Lipinski definition) is 3. The molecule has 0 radical (unpaired) electrons. The molecule has 0 aromatic rings. The molecule has 4 heteroatoms. The van der Waals surface area contributed by atoms with Gasteiger partial charge in [0, 0.05) is 7.11 Å². The number of methoxy groups -OCH3 is 1. The van der Waals surface area contributed by atoms with E-state index in [-0.39, 0.29) is 5.92 Å². The average molecular weight is 243 g/mol. The normalized spacial score (nSPS) is 33.1. The summed E-state index contributed by atoms with van der Waals surface area (Å²) in [5, 5.41) is 8.87. The molecule has 4 nitrogen and oxygen atoms in total. The van der Waals surface area contributed by atoms with Gasteiger partial charge in [-0.05, 0) is 43.4 Å². The van der Waals surface area contributed by atoms with Crippen molar-refractivity contribution in [3.63, 3.8) is 0 Å². The minimum Gasteiger partial charge on any atom is -0.480 e. The number of carboxylic acid groups (broad SMARTS) is 1. The first-order chi connectivity index (χ1) is 7.95. The lowest BCUT2D eigenvalue weighted by molar-refractivity contribution is -0.139. The smallest absolute Gasteiger partial charge is 0.320 e. The number of nitrogens with two attached hydrogens (primary N) is 1. The van der Waals surface area contributed by atoms with E-state index in [1.807, 2.05) is 6.92 Å². The van der Waals surface area contributed by atoms with Crippen LogP contribution in [0.4, 0.5) is 0 Å². The van der Waals surface area contributed by atoms with Gasteiger partial charge in [-0.15, -0.1) is 0 Å². The lowest BCUT2D eigenvalue weighted by atomic mass is 9.76. The monoisotopic (exact) mass is 243 g/mol. The number of rotatable bonds is 5. The summed E-state index contributed by atoms with van der Waals surface area (Å²) in [5.74, 6) is 0.296. The van der Waals surface area contributed by atoms with E-state index in [0.29, 0.717) is 17.9 Å². The Morgan fingerprint density at radius 3 is 2.71 bits per heavy atom. The predicted octanol–water partition coefficient (Wildman–Crippen LogP) is 1.88. The Kier molecular flexibility index (Phi) is 5.40. The van der Waals surface area contributed by atoms with Crippen LogP contribution in [0, 0.1) is 17.8 Å². The number of carboxylic acids is 1. The van der Waals surface area contributed by atoms with Crippen molar-refractivity contribution in [2.75, 3.05) is 7.11 Å². The largest absolute Gasteiger partial charge is 0.480 e. The first-order valence-corrected chi connectivity index (χ1v) is 6.46. The maximum atomic E-state index is 10.8. The fraction of sp³-hybridized carbons (Fsp3) is 0.923. The van der Waals surface area contributed by atoms with Crippen molar-refractivity contribution in [2.45, 2.75) is 51.7 Å². The highest BCUT2D eigenvalue weighted by Gasteiger charge is 2.30. The zero-order valence-corrected chi connectivity index (χ0v) is 11.1. The molecule has 3 N–H and O–H groups in total. The molecule has 0 aromatic heterocycles. The van der Waals surface area contributed by atoms with Gasteiger partial charge in [0.25, 0.3) is 0 Å². The summed E-state index contributed by atoms with van der Waals surface area (Å²) in [6.45, 7) is 4.15. The molecule has 0 amide bonds. The lowest BCUT2D eigenvalue weighted by Crippen LogP contribution is -2.38. The van der Waals surface area contributed by atoms with Crippen LogP contribution in [0.3, 0.4) is 0 Å². The molecule has 1 aliphatic rings. The van der Waals surface area contributed by atoms with Crippen LogP contribution in [0.5, 0.6) is 0 Å². The van der Waals surface area contributed by atoms with Gasteiger partial charge in [0.05, 0.1) is 6.10 Å². The average Bonchev–Trinajstić information content (AvgIpc) is 2.30. The first kappa shape index (κ1) is 14.5. The Hall–Kier alpha value is -0.610. The number of carbonyl (C=O) groups is 1. The van der Waals surface area contributed by atoms with Crippen molar-refractivity contribution in [3.05, 3.63) is 0 Å². The summed E-state index contributed by atoms with van der Waals surface area (Å²) in [4.78, 5) is 10.8. The molecule has 0 aliphatic heterocycles. The fourth-order valence-electron chi connectivity index (χ4n) is 2.82. The van der Waals surface area contributed by atoms with E-state index in [1.165, 1.54) is 0 Å². The molecule has 17 heavy (non-hydrogen) atoms. The predicted molar refractivity (Wildman–Crippen MR) is 66.7 cm³/mol. The van der Waals surface area contributed by atoms with Crippen molar-refractivity contribution in [3.8, 4) is 0 Å². The highest BCUT2D eigenvalue weighted by Crippen LogP contribution is 2.34. The molecule has 5 atom stereocenters. The highest BCUT2D eigenvalue weighted by molar-refractivity contribution is 5.73. The minimum atomic E-state index is -0.898. The minimum absolute atomic E-state index is 0.0309. The van der Waals surface area contributed by atoms with Crippen LogP contribution in [0.2, 0.25) is 0 Å². The second kappa shape index (κ2) is 6.36. The molecule has 0 unspecified atom stereocenters. The maximum Gasteiger partial charge on any atom is 0.320 e. The van der Waals surface area contributed by atoms with Crippen LogP contribution in [0.25, 0.3) is 0 Å². The van der Waals surface area contributed by atoms with Crippen LogP contribution in [-0.2, 0) is 9.53 Å². The van der Waals surface area contributed by atoms with Crippen LogP contribution >= 0.6 is 0 Å². The Labute approximate surface area is 104 Å². The molecule has 0 heterocycles. The van der Waals surface area contributed by atoms with Crippen molar-refractivity contribution in [2.24, 2.45) is 23.5 Å². The molecular weight excluding hydrogens is 218 g/mol. The molecule has 0 bridgehead atoms. The van der Waals surface area contributed by atoms with Crippen molar-refractivity contribution >= 4 is 5.97 Å². The first-order valence-electron chi connectivity index (χ1n) is 6.46. The SMILES string of the molecule is CO[C@@H]1C[C@H](C[C@@H](C)[C@H](N)C(=O)O)CC[C@H]1C. The molecule has 1 rings (SSSR count). The van der Waals surface area contributed by atoms with E-state index in [4.69, 9.17) is 15.6 Å². The summed E-state index contributed by atoms with van der Waals surface area (Å²) in [6, 6.07) is -0.740. The third-order valence-electron chi connectivity index (χ3n) is 4.14. The van der Waals surface area contributed by atoms with Gasteiger partial charge in [-0.2, -0.15) is 0 Å². The number of hydrogen-bond donors (Lipinski definition) is 2. The fourth-order valence-corrected chi connectivity index (χ4v) is 2.82. The quantitative estimate of drug-likeness (QED) is 0.773. The molecule has 1 aliphatic carbocycles. The summed E-state index contributed by atoms with van der Waals surface area (Å²) >= 11 is 0. The van der Waals surface area contributed by atoms with Gasteiger partial charge in [0.2, 0.25) is 0 Å². The van der Waals surface area contributed by atoms with Crippen LogP contribution < -0.4 is 5.73 Å². The Morgan fingerprint density at radius 2 is 2.18 bits per heavy atom. The second-order valence-corrected chi connectivity index (χ2v) is 5.51. The highest BCUT2D eigenvalue weighted by atomic mass is 16.5. The topological polar surface area (TPSA) is 72.5 Å². The molecule has 1 saturated carbocycles. The van der Waals surface area contributed by atoms with E-state index < -0.39 is 12.0 Å². The van der Waals surface area contributed by atoms with Crippen molar-refractivity contribution < 1.29 is 14.6 Å². The van der Waals surface area contributed by atoms with Crippen LogP contribution in [0.1, 0.15) is 39.5 Å². The van der Waals surface area contributed by atoms with Gasteiger partial charge < -0.3 is 15.6 Å². The standard InChI is InChI=1S/C13H25NO3/c1-8-4-5-10(7-11(8)17-3)6-9(2)12(14)13(15)16/h8-12H,4-7,14H2,1-3H3,(H,15,16)/t8-,9-,10+,11-,12+/m1/s1. The lowest BCUT2D eigenvalue weighted by Gasteiger charge is -2.35. The van der Waals surface area contributed by atoms with Crippen LogP contribution in [-0.4, -0.2) is 30.3 Å². The summed E-state index contributed by atoms with van der Waals surface area (Å²) in [5.41, 5.74) is 5.64. The zero-order chi connectivity index (χ0) is 13.0. The third-order valence-corrected chi connectivity index (χ3v) is 4.14. The van der Waals surface area contributed by atoms with Crippen molar-refractivity contribution in [1.29, 1.82) is 0 Å². The van der Waals surface area contributed by atoms with E-state index in [1.54, 1.807) is 7.11 Å². The molecule has 0 saturated heterocycles. The van der Waals surface area contributed by atoms with E-state index >= 15 is 0 Å². The van der Waals surface area contributed by atoms with Gasteiger partial charge in [0.15, 0.2) is 0 Å². The van der Waals surface area contributed by atoms with E-state index in [9.17, 15) is 4.79 Å². The van der Waals surface area contributed by atoms with E-state index in [0.717, 1.165) is 25.7 Å². The second-order valence-electron chi connectivity index (χ2n) is 5.51. The molecule has 1 fully saturated rings. The number of aliphatic carboxylic acids is 1. The third kappa shape index (κ3) is 3.96. The van der Waals surface area contributed by atoms with Crippen molar-refractivity contribution in [1.82, 2.24) is 0 Å². The van der Waals surface area contributed by atoms with Gasteiger partial charge in [-0.3, -0.25) is 4.79 Å². The van der Waals surface area contributed by atoms with Gasteiger partial charge in [-0.25, -0.2) is 0 Å².